The molecule has 4 heteroatoms. The van der Waals surface area contributed by atoms with Gasteiger partial charge < -0.3 is 15.4 Å². The number of methoxy groups -OCH3 is 1. The van der Waals surface area contributed by atoms with E-state index in [2.05, 4.69) is 34.9 Å². The molecule has 0 saturated heterocycles. The Bertz CT molecular complexity index is 809. The van der Waals surface area contributed by atoms with Crippen LogP contribution in [0, 0.1) is 0 Å². The molecule has 0 aliphatic heterocycles. The van der Waals surface area contributed by atoms with E-state index in [1.807, 2.05) is 67.6 Å². The third-order valence-corrected chi connectivity index (χ3v) is 4.57. The Kier molecular flexibility index (Phi) is 6.23. The van der Waals surface area contributed by atoms with Gasteiger partial charge in [-0.25, -0.2) is 0 Å². The lowest BCUT2D eigenvalue weighted by molar-refractivity contribution is -0.704. The molecule has 0 fully saturated rings. The molecule has 4 nitrogen and oxygen atoms in total. The highest BCUT2D eigenvalue weighted by Crippen LogP contribution is 2.18. The monoisotopic (exact) mass is 361 g/mol. The number of ether oxygens (including phenoxy) is 1. The number of anilines is 1. The maximum Gasteiger partial charge on any atom is 0.282 e. The molecule has 0 spiro atoms. The fourth-order valence-corrected chi connectivity index (χ4v) is 3.04. The molecule has 0 radical (unpaired) electrons. The quantitative estimate of drug-likeness (QED) is 0.678. The summed E-state index contributed by atoms with van der Waals surface area (Å²) in [5.74, 6) is 0.734. The van der Waals surface area contributed by atoms with Gasteiger partial charge in [-0.3, -0.25) is 4.79 Å². The summed E-state index contributed by atoms with van der Waals surface area (Å²) in [7, 11) is 1.62. The van der Waals surface area contributed by atoms with Gasteiger partial charge in [0, 0.05) is 16.8 Å². The van der Waals surface area contributed by atoms with Crippen molar-refractivity contribution in [2.75, 3.05) is 12.4 Å². The van der Waals surface area contributed by atoms with Gasteiger partial charge in [0.15, 0.2) is 6.04 Å². The number of rotatable bonds is 7. The average Bonchev–Trinajstić information content (AvgIpc) is 2.73. The molecule has 0 bridgehead atoms. The van der Waals surface area contributed by atoms with Crippen LogP contribution in [0.4, 0.5) is 5.69 Å². The summed E-state index contributed by atoms with van der Waals surface area (Å²) >= 11 is 0. The molecule has 0 heterocycles. The van der Waals surface area contributed by atoms with Crippen LogP contribution in [-0.2, 0) is 4.79 Å². The molecule has 0 aromatic heterocycles. The zero-order chi connectivity index (χ0) is 19.1. The number of hydrogen-bond acceptors (Lipinski definition) is 2. The van der Waals surface area contributed by atoms with Crippen molar-refractivity contribution < 1.29 is 14.8 Å². The van der Waals surface area contributed by atoms with E-state index in [-0.39, 0.29) is 18.0 Å². The molecule has 3 aromatic carbocycles. The Morgan fingerprint density at radius 2 is 1.37 bits per heavy atom. The van der Waals surface area contributed by atoms with Crippen LogP contribution < -0.4 is 15.4 Å². The highest BCUT2D eigenvalue weighted by molar-refractivity contribution is 5.93. The van der Waals surface area contributed by atoms with E-state index in [1.54, 1.807) is 7.11 Å². The Labute approximate surface area is 160 Å². The van der Waals surface area contributed by atoms with Gasteiger partial charge in [-0.1, -0.05) is 60.7 Å². The van der Waals surface area contributed by atoms with E-state index in [4.69, 9.17) is 4.74 Å². The van der Waals surface area contributed by atoms with Crippen molar-refractivity contribution in [2.24, 2.45) is 0 Å². The van der Waals surface area contributed by atoms with Crippen LogP contribution in [0.2, 0.25) is 0 Å². The van der Waals surface area contributed by atoms with Crippen molar-refractivity contribution in [1.82, 2.24) is 0 Å². The number of quaternary nitrogens is 1. The van der Waals surface area contributed by atoms with Crippen LogP contribution in [0.25, 0.3) is 0 Å². The maximum absolute atomic E-state index is 12.7. The summed E-state index contributed by atoms with van der Waals surface area (Å²) in [6.07, 6.45) is 0. The van der Waals surface area contributed by atoms with E-state index in [0.29, 0.717) is 0 Å². The van der Waals surface area contributed by atoms with Gasteiger partial charge >= 0.3 is 0 Å². The number of carbonyl (C=O) groups is 1. The second kappa shape index (κ2) is 9.01. The van der Waals surface area contributed by atoms with Crippen LogP contribution in [0.3, 0.4) is 0 Å². The summed E-state index contributed by atoms with van der Waals surface area (Å²) in [6.45, 7) is 1.93. The molecule has 1 amide bonds. The molecule has 3 aromatic rings. The SMILES string of the molecule is COc1ccc(NC(=O)[C@H](C)[NH2+]C(c2ccccc2)c2ccccc2)cc1. The first kappa shape index (κ1) is 18.7. The number of benzene rings is 3. The second-order valence-electron chi connectivity index (χ2n) is 6.50. The van der Waals surface area contributed by atoms with E-state index < -0.39 is 0 Å². The average molecular weight is 361 g/mol. The minimum atomic E-state index is -0.252. The maximum atomic E-state index is 12.7. The first-order valence-corrected chi connectivity index (χ1v) is 9.07. The third kappa shape index (κ3) is 4.96. The van der Waals surface area contributed by atoms with Crippen LogP contribution in [0.5, 0.6) is 5.75 Å². The molecule has 3 rings (SSSR count). The number of carbonyl (C=O) groups excluding carboxylic acids is 1. The predicted octanol–water partition coefficient (Wildman–Crippen LogP) is 3.38. The van der Waals surface area contributed by atoms with E-state index in [1.165, 1.54) is 11.1 Å². The molecular weight excluding hydrogens is 336 g/mol. The number of hydrogen-bond donors (Lipinski definition) is 2. The molecule has 3 N–H and O–H groups in total. The summed E-state index contributed by atoms with van der Waals surface area (Å²) < 4.78 is 5.15. The standard InChI is InChI=1S/C23H24N2O2/c1-17(23(26)25-20-13-15-21(27-2)16-14-20)24-22(18-9-5-3-6-10-18)19-11-7-4-8-12-19/h3-17,22,24H,1-2H3,(H,25,26)/p+1/t17-/m0/s1. The second-order valence-corrected chi connectivity index (χ2v) is 6.50. The molecule has 0 unspecified atom stereocenters. The first-order chi connectivity index (χ1) is 13.2. The fourth-order valence-electron chi connectivity index (χ4n) is 3.04. The smallest absolute Gasteiger partial charge is 0.282 e. The van der Waals surface area contributed by atoms with Crippen LogP contribution in [0.15, 0.2) is 84.9 Å². The Hall–Kier alpha value is -3.11. The number of nitrogens with one attached hydrogen (secondary N) is 1. The topological polar surface area (TPSA) is 54.9 Å². The van der Waals surface area contributed by atoms with Crippen molar-refractivity contribution >= 4 is 11.6 Å². The van der Waals surface area contributed by atoms with Crippen LogP contribution in [0.1, 0.15) is 24.1 Å². The van der Waals surface area contributed by atoms with Crippen molar-refractivity contribution in [3.63, 3.8) is 0 Å². The van der Waals surface area contributed by atoms with Gasteiger partial charge in [0.25, 0.3) is 5.91 Å². The highest BCUT2D eigenvalue weighted by Gasteiger charge is 2.24. The fraction of sp³-hybridized carbons (Fsp3) is 0.174. The molecule has 0 saturated carbocycles. The molecule has 0 aliphatic rings. The van der Waals surface area contributed by atoms with Crippen molar-refractivity contribution in [3.8, 4) is 5.75 Å². The van der Waals surface area contributed by atoms with Crippen molar-refractivity contribution in [3.05, 3.63) is 96.1 Å². The largest absolute Gasteiger partial charge is 0.497 e. The van der Waals surface area contributed by atoms with Crippen LogP contribution in [-0.4, -0.2) is 19.1 Å². The van der Waals surface area contributed by atoms with E-state index in [9.17, 15) is 4.79 Å². The zero-order valence-corrected chi connectivity index (χ0v) is 15.6. The molecule has 138 valence electrons. The molecule has 1 atom stereocenters. The molecule has 0 aliphatic carbocycles. The Morgan fingerprint density at radius 3 is 1.85 bits per heavy atom. The van der Waals surface area contributed by atoms with Crippen LogP contribution >= 0.6 is 0 Å². The lowest BCUT2D eigenvalue weighted by Gasteiger charge is -2.20. The van der Waals surface area contributed by atoms with E-state index in [0.717, 1.165) is 11.4 Å². The lowest BCUT2D eigenvalue weighted by Crippen LogP contribution is -2.92. The first-order valence-electron chi connectivity index (χ1n) is 9.07. The Morgan fingerprint density at radius 1 is 0.852 bits per heavy atom. The van der Waals surface area contributed by atoms with Gasteiger partial charge in [0.1, 0.15) is 11.8 Å². The van der Waals surface area contributed by atoms with Crippen molar-refractivity contribution in [1.29, 1.82) is 0 Å². The van der Waals surface area contributed by atoms with Gasteiger partial charge in [0.2, 0.25) is 0 Å². The summed E-state index contributed by atoms with van der Waals surface area (Å²) in [6, 6.07) is 27.7. The van der Waals surface area contributed by atoms with Gasteiger partial charge in [-0.05, 0) is 31.2 Å². The zero-order valence-electron chi connectivity index (χ0n) is 15.6. The minimum absolute atomic E-state index is 0.0305. The Balaban J connectivity index is 1.73. The van der Waals surface area contributed by atoms with Crippen molar-refractivity contribution in [2.45, 2.75) is 19.0 Å². The predicted molar refractivity (Wildman–Crippen MR) is 108 cm³/mol. The van der Waals surface area contributed by atoms with Gasteiger partial charge in [-0.2, -0.15) is 0 Å². The number of amides is 1. The van der Waals surface area contributed by atoms with Gasteiger partial charge in [0.05, 0.1) is 7.11 Å². The molecule has 27 heavy (non-hydrogen) atoms. The van der Waals surface area contributed by atoms with E-state index >= 15 is 0 Å². The normalized spacial score (nSPS) is 11.8. The third-order valence-electron chi connectivity index (χ3n) is 4.57. The summed E-state index contributed by atoms with van der Waals surface area (Å²) in [5, 5.41) is 5.08. The summed E-state index contributed by atoms with van der Waals surface area (Å²) in [5.41, 5.74) is 3.11. The minimum Gasteiger partial charge on any atom is -0.497 e. The van der Waals surface area contributed by atoms with Gasteiger partial charge in [-0.15, -0.1) is 0 Å². The summed E-state index contributed by atoms with van der Waals surface area (Å²) in [4.78, 5) is 12.7. The molecular formula is C23H25N2O2+. The highest BCUT2D eigenvalue weighted by atomic mass is 16.5. The lowest BCUT2D eigenvalue weighted by atomic mass is 9.98. The number of nitrogens with two attached hydrogens (primary N) is 1.